The van der Waals surface area contributed by atoms with Gasteiger partial charge in [0.15, 0.2) is 22.8 Å². The highest BCUT2D eigenvalue weighted by atomic mass is 32.1. The van der Waals surface area contributed by atoms with E-state index in [4.69, 9.17) is 9.47 Å². The van der Waals surface area contributed by atoms with Crippen molar-refractivity contribution in [3.63, 3.8) is 0 Å². The third-order valence-electron chi connectivity index (χ3n) is 8.94. The lowest BCUT2D eigenvalue weighted by atomic mass is 9.44. The average molecular weight is 455 g/mol. The fraction of sp³-hybridized carbons (Fsp3) is 0.739. The molecule has 0 amide bonds. The molecule has 1 N–H and O–H groups in total. The van der Waals surface area contributed by atoms with E-state index < -0.39 is 63.2 Å². The summed E-state index contributed by atoms with van der Waals surface area (Å²) in [4.78, 5) is 24.8. The molecule has 0 spiro atoms. The van der Waals surface area contributed by atoms with Gasteiger partial charge in [0.2, 0.25) is 5.12 Å². The molecule has 3 saturated carbocycles. The number of aliphatic hydroxyl groups excluding tert-OH is 1. The lowest BCUT2D eigenvalue weighted by Crippen LogP contribution is -2.70. The smallest absolute Gasteiger partial charge is 0.221 e. The maximum absolute atomic E-state index is 17.1. The molecule has 1 heterocycles. The summed E-state index contributed by atoms with van der Waals surface area (Å²) < 4.78 is 44.7. The zero-order chi connectivity index (χ0) is 22.8. The Labute approximate surface area is 185 Å². The highest BCUT2D eigenvalue weighted by Gasteiger charge is 2.80. The summed E-state index contributed by atoms with van der Waals surface area (Å²) in [6.45, 7) is 6.78. The Balaban J connectivity index is 1.66. The highest BCUT2D eigenvalue weighted by Crippen LogP contribution is 2.72. The molecule has 170 valence electrons. The van der Waals surface area contributed by atoms with Crippen LogP contribution in [0.3, 0.4) is 0 Å². The van der Waals surface area contributed by atoms with E-state index in [1.165, 1.54) is 18.2 Å². The highest BCUT2D eigenvalue weighted by molar-refractivity contribution is 7.96. The molecule has 9 atom stereocenters. The number of carbonyl (C=O) groups excluding carboxylic acids is 2. The van der Waals surface area contributed by atoms with Gasteiger partial charge in [0.1, 0.15) is 6.17 Å². The molecule has 4 unspecified atom stereocenters. The van der Waals surface area contributed by atoms with Gasteiger partial charge in [0.25, 0.3) is 0 Å². The summed E-state index contributed by atoms with van der Waals surface area (Å²) in [5.74, 6) is -2.77. The number of allylic oxidation sites excluding steroid dienone is 4. The number of thiol groups is 1. The van der Waals surface area contributed by atoms with Crippen LogP contribution in [0.2, 0.25) is 0 Å². The number of alkyl halides is 2. The van der Waals surface area contributed by atoms with Crippen LogP contribution < -0.4 is 0 Å². The van der Waals surface area contributed by atoms with Crippen LogP contribution in [0.1, 0.15) is 47.0 Å². The minimum absolute atomic E-state index is 0.0610. The normalized spacial score (nSPS) is 54.5. The number of halogens is 2. The first-order valence-electron chi connectivity index (χ1n) is 10.8. The van der Waals surface area contributed by atoms with Gasteiger partial charge >= 0.3 is 0 Å². The first kappa shape index (κ1) is 21.7. The standard InChI is InChI=1S/C23H28F2O5S/c1-19(2)29-17-9-12-13-8-15(24)14-7-11(26)5-6-20(14,3)22(13,25)16(27)10-21(12,4)23(17,30-19)18(28)31/h5-7,12-13,15-17,27H,8-10H2,1-4H3,(H,28,31)/t12?,13?,15-,16-,17+,20?,21?,22-,23-/m0/s1. The molecule has 5 aliphatic rings. The van der Waals surface area contributed by atoms with Gasteiger partial charge in [-0.15, -0.1) is 12.6 Å². The van der Waals surface area contributed by atoms with Gasteiger partial charge < -0.3 is 14.6 Å². The molecule has 0 aromatic carbocycles. The van der Waals surface area contributed by atoms with Gasteiger partial charge in [-0.25, -0.2) is 8.78 Å². The molecular weight excluding hydrogens is 426 g/mol. The minimum atomic E-state index is -2.20. The average Bonchev–Trinajstić information content (AvgIpc) is 3.06. The summed E-state index contributed by atoms with van der Waals surface area (Å²) in [5.41, 5.74) is -6.02. The second-order valence-electron chi connectivity index (χ2n) is 10.7. The van der Waals surface area contributed by atoms with Crippen LogP contribution in [0.4, 0.5) is 8.78 Å². The van der Waals surface area contributed by atoms with Crippen molar-refractivity contribution in [3.05, 3.63) is 23.8 Å². The Bertz CT molecular complexity index is 948. The van der Waals surface area contributed by atoms with E-state index in [-0.39, 0.29) is 24.2 Å². The summed E-state index contributed by atoms with van der Waals surface area (Å²) in [6, 6.07) is 0. The third-order valence-corrected chi connectivity index (χ3v) is 9.27. The topological polar surface area (TPSA) is 72.8 Å². The molecule has 0 aromatic heterocycles. The number of fused-ring (bicyclic) bond motifs is 7. The second kappa shape index (κ2) is 6.07. The van der Waals surface area contributed by atoms with Crippen LogP contribution in [0.5, 0.6) is 0 Å². The number of hydrogen-bond donors (Lipinski definition) is 2. The van der Waals surface area contributed by atoms with Crippen molar-refractivity contribution in [1.82, 2.24) is 0 Å². The van der Waals surface area contributed by atoms with E-state index in [0.717, 1.165) is 0 Å². The van der Waals surface area contributed by atoms with Crippen molar-refractivity contribution >= 4 is 23.5 Å². The Morgan fingerprint density at radius 2 is 1.90 bits per heavy atom. The Morgan fingerprint density at radius 1 is 1.23 bits per heavy atom. The van der Waals surface area contributed by atoms with E-state index >= 15 is 8.78 Å². The van der Waals surface area contributed by atoms with E-state index in [9.17, 15) is 14.7 Å². The number of carbonyl (C=O) groups is 2. The van der Waals surface area contributed by atoms with E-state index in [2.05, 4.69) is 12.6 Å². The van der Waals surface area contributed by atoms with E-state index in [0.29, 0.717) is 6.42 Å². The minimum Gasteiger partial charge on any atom is -0.390 e. The zero-order valence-electron chi connectivity index (χ0n) is 18.0. The predicted molar refractivity (Wildman–Crippen MR) is 111 cm³/mol. The number of rotatable bonds is 1. The van der Waals surface area contributed by atoms with Crippen LogP contribution in [-0.4, -0.2) is 51.4 Å². The molecule has 5 rings (SSSR count). The first-order valence-corrected chi connectivity index (χ1v) is 11.3. The molecule has 8 heteroatoms. The monoisotopic (exact) mass is 454 g/mol. The second-order valence-corrected chi connectivity index (χ2v) is 11.2. The fourth-order valence-corrected chi connectivity index (χ4v) is 8.12. The van der Waals surface area contributed by atoms with Gasteiger partial charge in [0.05, 0.1) is 12.2 Å². The Hall–Kier alpha value is -1.09. The summed E-state index contributed by atoms with van der Waals surface area (Å²) in [6.07, 6.45) is 0.204. The Kier molecular flexibility index (Phi) is 4.26. The van der Waals surface area contributed by atoms with Crippen molar-refractivity contribution in [2.45, 2.75) is 82.4 Å². The largest absolute Gasteiger partial charge is 0.390 e. The van der Waals surface area contributed by atoms with Crippen LogP contribution in [0, 0.1) is 22.7 Å². The lowest BCUT2D eigenvalue weighted by Gasteiger charge is -2.63. The Morgan fingerprint density at radius 3 is 2.55 bits per heavy atom. The lowest BCUT2D eigenvalue weighted by molar-refractivity contribution is -0.246. The first-order chi connectivity index (χ1) is 14.2. The number of ether oxygens (including phenoxy) is 2. The molecule has 0 radical (unpaired) electrons. The number of ketones is 1. The molecule has 5 nitrogen and oxygen atoms in total. The van der Waals surface area contributed by atoms with Crippen molar-refractivity contribution in [1.29, 1.82) is 0 Å². The predicted octanol–water partition coefficient (Wildman–Crippen LogP) is 3.26. The van der Waals surface area contributed by atoms with Gasteiger partial charge in [-0.3, -0.25) is 9.59 Å². The zero-order valence-corrected chi connectivity index (χ0v) is 18.9. The van der Waals surface area contributed by atoms with Crippen molar-refractivity contribution in [2.75, 3.05) is 0 Å². The molecular formula is C23H28F2O5S. The van der Waals surface area contributed by atoms with Gasteiger partial charge in [-0.05, 0) is 63.7 Å². The summed E-state index contributed by atoms with van der Waals surface area (Å²) in [7, 11) is 0. The number of hydrogen-bond acceptors (Lipinski definition) is 5. The van der Waals surface area contributed by atoms with Gasteiger partial charge in [0, 0.05) is 16.7 Å². The SMILES string of the molecule is CC1(C)O[C@@H]2CC3C4C[C@H](F)C5=CC(=O)C=CC5(C)[C@@]4(F)[C@@H](O)CC3(C)[C@]2(C(=O)S)O1. The third kappa shape index (κ3) is 2.32. The summed E-state index contributed by atoms with van der Waals surface area (Å²) in [5, 5.41) is 10.8. The van der Waals surface area contributed by atoms with E-state index in [1.807, 2.05) is 0 Å². The van der Waals surface area contributed by atoms with Gasteiger partial charge in [-0.2, -0.15) is 0 Å². The maximum atomic E-state index is 17.1. The maximum Gasteiger partial charge on any atom is 0.221 e. The van der Waals surface area contributed by atoms with Crippen molar-refractivity contribution in [2.24, 2.45) is 22.7 Å². The number of aliphatic hydroxyl groups is 1. The summed E-state index contributed by atoms with van der Waals surface area (Å²) >= 11 is 4.14. The van der Waals surface area contributed by atoms with Crippen LogP contribution >= 0.6 is 12.6 Å². The molecule has 31 heavy (non-hydrogen) atoms. The van der Waals surface area contributed by atoms with Crippen LogP contribution in [0.15, 0.2) is 23.8 Å². The molecule has 4 fully saturated rings. The molecule has 0 bridgehead atoms. The van der Waals surface area contributed by atoms with E-state index in [1.54, 1.807) is 27.7 Å². The quantitative estimate of drug-likeness (QED) is 0.595. The van der Waals surface area contributed by atoms with Gasteiger partial charge in [-0.1, -0.05) is 13.0 Å². The molecule has 1 aliphatic heterocycles. The molecule has 1 saturated heterocycles. The molecule has 4 aliphatic carbocycles. The van der Waals surface area contributed by atoms with Crippen LogP contribution in [0.25, 0.3) is 0 Å². The van der Waals surface area contributed by atoms with Crippen molar-refractivity contribution < 1.29 is 33.0 Å². The molecule has 0 aromatic rings. The van der Waals surface area contributed by atoms with Crippen molar-refractivity contribution in [3.8, 4) is 0 Å². The van der Waals surface area contributed by atoms with Crippen LogP contribution in [-0.2, 0) is 19.1 Å². The fourth-order valence-electron chi connectivity index (χ4n) is 7.67.